The topological polar surface area (TPSA) is 64.5 Å². The summed E-state index contributed by atoms with van der Waals surface area (Å²) in [7, 11) is 0. The van der Waals surface area contributed by atoms with Gasteiger partial charge in [0.25, 0.3) is 0 Å². The monoisotopic (exact) mass is 313 g/mol. The van der Waals surface area contributed by atoms with Crippen LogP contribution in [0.15, 0.2) is 6.07 Å². The molecular weight excluding hydrogens is 294 g/mol. The van der Waals surface area contributed by atoms with Crippen molar-refractivity contribution in [1.29, 1.82) is 0 Å². The third-order valence-electron chi connectivity index (χ3n) is 3.15. The highest BCUT2D eigenvalue weighted by molar-refractivity contribution is 6.29. The first-order chi connectivity index (χ1) is 10.2. The molecule has 1 aromatic rings. The highest BCUT2D eigenvalue weighted by Crippen LogP contribution is 2.18. The van der Waals surface area contributed by atoms with Crippen LogP contribution >= 0.6 is 11.6 Å². The van der Waals surface area contributed by atoms with Crippen LogP contribution in [0.25, 0.3) is 0 Å². The molecule has 0 saturated carbocycles. The predicted octanol–water partition coefficient (Wildman–Crippen LogP) is 1.85. The maximum absolute atomic E-state index is 11.3. The molecule has 0 atom stereocenters. The van der Waals surface area contributed by atoms with E-state index in [0.29, 0.717) is 50.1 Å². The number of aryl methyl sites for hydroxylation is 1. The van der Waals surface area contributed by atoms with Crippen LogP contribution in [-0.4, -0.2) is 48.8 Å². The lowest BCUT2D eigenvalue weighted by Crippen LogP contribution is -2.37. The second-order valence-electron chi connectivity index (χ2n) is 4.72. The molecule has 2 rings (SSSR count). The van der Waals surface area contributed by atoms with Gasteiger partial charge in [0.05, 0.1) is 19.8 Å². The van der Waals surface area contributed by atoms with E-state index >= 15 is 0 Å². The van der Waals surface area contributed by atoms with Crippen molar-refractivity contribution in [1.82, 2.24) is 9.97 Å². The fraction of sp³-hybridized carbons (Fsp3) is 0.643. The molecule has 1 aliphatic heterocycles. The SMILES string of the molecule is CCOC(=O)CCCc1nc(Cl)cc(N2CCOCC2)n1. The van der Waals surface area contributed by atoms with Crippen LogP contribution in [0, 0.1) is 0 Å². The van der Waals surface area contributed by atoms with Gasteiger partial charge in [-0.1, -0.05) is 11.6 Å². The van der Waals surface area contributed by atoms with Crippen LogP contribution in [0.5, 0.6) is 0 Å². The van der Waals surface area contributed by atoms with Crippen molar-refractivity contribution in [3.63, 3.8) is 0 Å². The molecule has 2 heterocycles. The Balaban J connectivity index is 1.93. The molecule has 6 nitrogen and oxygen atoms in total. The Morgan fingerprint density at radius 3 is 2.90 bits per heavy atom. The Morgan fingerprint density at radius 2 is 2.19 bits per heavy atom. The predicted molar refractivity (Wildman–Crippen MR) is 79.6 cm³/mol. The summed E-state index contributed by atoms with van der Waals surface area (Å²) in [5, 5.41) is 0.428. The molecule has 1 aromatic heterocycles. The minimum Gasteiger partial charge on any atom is -0.466 e. The number of anilines is 1. The zero-order valence-corrected chi connectivity index (χ0v) is 12.9. The normalized spacial score (nSPS) is 15.0. The summed E-state index contributed by atoms with van der Waals surface area (Å²) in [6.07, 6.45) is 1.63. The van der Waals surface area contributed by atoms with E-state index in [2.05, 4.69) is 14.9 Å². The van der Waals surface area contributed by atoms with Crippen LogP contribution in [0.1, 0.15) is 25.6 Å². The van der Waals surface area contributed by atoms with Crippen LogP contribution < -0.4 is 4.90 Å². The van der Waals surface area contributed by atoms with Gasteiger partial charge < -0.3 is 14.4 Å². The smallest absolute Gasteiger partial charge is 0.305 e. The average molecular weight is 314 g/mol. The number of hydrogen-bond donors (Lipinski definition) is 0. The lowest BCUT2D eigenvalue weighted by Gasteiger charge is -2.28. The minimum atomic E-state index is -0.187. The van der Waals surface area contributed by atoms with Crippen LogP contribution in [0.3, 0.4) is 0 Å². The maximum Gasteiger partial charge on any atom is 0.305 e. The number of carbonyl (C=O) groups is 1. The summed E-state index contributed by atoms with van der Waals surface area (Å²) in [5.74, 6) is 1.30. The van der Waals surface area contributed by atoms with Gasteiger partial charge >= 0.3 is 5.97 Å². The Hall–Kier alpha value is -1.40. The molecule has 0 aliphatic carbocycles. The number of rotatable bonds is 6. The first-order valence-corrected chi connectivity index (χ1v) is 7.58. The Kier molecular flexibility index (Phi) is 6.20. The van der Waals surface area contributed by atoms with Gasteiger partial charge in [-0.05, 0) is 13.3 Å². The molecule has 1 saturated heterocycles. The van der Waals surface area contributed by atoms with Crippen molar-refractivity contribution < 1.29 is 14.3 Å². The molecule has 0 N–H and O–H groups in total. The van der Waals surface area contributed by atoms with E-state index in [-0.39, 0.29) is 5.97 Å². The van der Waals surface area contributed by atoms with Gasteiger partial charge in [-0.2, -0.15) is 0 Å². The maximum atomic E-state index is 11.3. The van der Waals surface area contributed by atoms with Crippen molar-refractivity contribution in [2.75, 3.05) is 37.8 Å². The molecule has 0 aromatic carbocycles. The fourth-order valence-electron chi connectivity index (χ4n) is 2.14. The third kappa shape index (κ3) is 5.13. The van der Waals surface area contributed by atoms with Crippen LogP contribution in [0.2, 0.25) is 5.15 Å². The standard InChI is InChI=1S/C14H20ClN3O3/c1-2-21-14(19)5-3-4-12-16-11(15)10-13(17-12)18-6-8-20-9-7-18/h10H,2-9H2,1H3. The van der Waals surface area contributed by atoms with Crippen LogP contribution in [-0.2, 0) is 20.7 Å². The van der Waals surface area contributed by atoms with E-state index in [1.54, 1.807) is 13.0 Å². The number of aromatic nitrogens is 2. The molecule has 116 valence electrons. The van der Waals surface area contributed by atoms with Crippen molar-refractivity contribution >= 4 is 23.4 Å². The number of nitrogens with zero attached hydrogens (tertiary/aromatic N) is 3. The number of ether oxygens (including phenoxy) is 2. The van der Waals surface area contributed by atoms with Gasteiger partial charge in [-0.25, -0.2) is 9.97 Å². The molecule has 21 heavy (non-hydrogen) atoms. The van der Waals surface area contributed by atoms with Crippen molar-refractivity contribution in [3.8, 4) is 0 Å². The average Bonchev–Trinajstić information content (AvgIpc) is 2.48. The molecule has 0 spiro atoms. The summed E-state index contributed by atoms with van der Waals surface area (Å²) in [5.41, 5.74) is 0. The van der Waals surface area contributed by atoms with Crippen molar-refractivity contribution in [2.24, 2.45) is 0 Å². The third-order valence-corrected chi connectivity index (χ3v) is 3.34. The molecule has 0 amide bonds. The fourth-order valence-corrected chi connectivity index (χ4v) is 2.34. The zero-order valence-electron chi connectivity index (χ0n) is 12.2. The van der Waals surface area contributed by atoms with E-state index < -0.39 is 0 Å². The van der Waals surface area contributed by atoms with E-state index in [1.807, 2.05) is 0 Å². The summed E-state index contributed by atoms with van der Waals surface area (Å²) in [6, 6.07) is 1.77. The summed E-state index contributed by atoms with van der Waals surface area (Å²) in [6.45, 7) is 5.20. The molecule has 1 fully saturated rings. The molecular formula is C14H20ClN3O3. The second kappa shape index (κ2) is 8.14. The number of hydrogen-bond acceptors (Lipinski definition) is 6. The number of esters is 1. The summed E-state index contributed by atoms with van der Waals surface area (Å²) in [4.78, 5) is 22.2. The molecule has 0 radical (unpaired) electrons. The zero-order chi connectivity index (χ0) is 15.1. The molecule has 0 unspecified atom stereocenters. The largest absolute Gasteiger partial charge is 0.466 e. The van der Waals surface area contributed by atoms with Gasteiger partial charge in [0.2, 0.25) is 0 Å². The number of halogens is 1. The molecule has 7 heteroatoms. The Bertz CT molecular complexity index is 479. The van der Waals surface area contributed by atoms with Gasteiger partial charge in [-0.3, -0.25) is 4.79 Å². The highest BCUT2D eigenvalue weighted by atomic mass is 35.5. The minimum absolute atomic E-state index is 0.187. The van der Waals surface area contributed by atoms with Gasteiger partial charge in [0.1, 0.15) is 16.8 Å². The van der Waals surface area contributed by atoms with E-state index in [1.165, 1.54) is 0 Å². The van der Waals surface area contributed by atoms with E-state index in [9.17, 15) is 4.79 Å². The molecule has 1 aliphatic rings. The lowest BCUT2D eigenvalue weighted by molar-refractivity contribution is -0.143. The lowest BCUT2D eigenvalue weighted by atomic mass is 10.2. The first kappa shape index (κ1) is 16.0. The second-order valence-corrected chi connectivity index (χ2v) is 5.11. The van der Waals surface area contributed by atoms with E-state index in [4.69, 9.17) is 21.1 Å². The summed E-state index contributed by atoms with van der Waals surface area (Å²) >= 11 is 6.06. The van der Waals surface area contributed by atoms with Gasteiger partial charge in [-0.15, -0.1) is 0 Å². The Labute approximate surface area is 129 Å². The van der Waals surface area contributed by atoms with Gasteiger partial charge in [0.15, 0.2) is 0 Å². The van der Waals surface area contributed by atoms with Crippen LogP contribution in [0.4, 0.5) is 5.82 Å². The highest BCUT2D eigenvalue weighted by Gasteiger charge is 2.14. The number of morpholine rings is 1. The number of carbonyl (C=O) groups excluding carboxylic acids is 1. The van der Waals surface area contributed by atoms with Gasteiger partial charge in [0, 0.05) is 32.0 Å². The molecule has 0 bridgehead atoms. The van der Waals surface area contributed by atoms with Crippen molar-refractivity contribution in [2.45, 2.75) is 26.2 Å². The van der Waals surface area contributed by atoms with E-state index in [0.717, 1.165) is 18.9 Å². The van der Waals surface area contributed by atoms with Crippen molar-refractivity contribution in [3.05, 3.63) is 17.0 Å². The Morgan fingerprint density at radius 1 is 1.43 bits per heavy atom. The quantitative estimate of drug-likeness (QED) is 0.590. The summed E-state index contributed by atoms with van der Waals surface area (Å²) < 4.78 is 10.2. The first-order valence-electron chi connectivity index (χ1n) is 7.21.